The molecule has 1 aliphatic rings. The number of amides is 1. The highest BCUT2D eigenvalue weighted by Gasteiger charge is 2.19. The molecule has 2 rings (SSSR count). The molecule has 1 aliphatic carbocycles. The van der Waals surface area contributed by atoms with Crippen LogP contribution in [0.4, 0.5) is 0 Å². The summed E-state index contributed by atoms with van der Waals surface area (Å²) in [4.78, 5) is 10.9. The van der Waals surface area contributed by atoms with Crippen molar-refractivity contribution in [1.82, 2.24) is 14.8 Å². The van der Waals surface area contributed by atoms with Gasteiger partial charge in [0.1, 0.15) is 5.82 Å². The van der Waals surface area contributed by atoms with Crippen LogP contribution >= 0.6 is 11.8 Å². The van der Waals surface area contributed by atoms with E-state index < -0.39 is 0 Å². The lowest BCUT2D eigenvalue weighted by Crippen LogP contribution is -2.15. The fraction of sp³-hybridized carbons (Fsp3) is 0.643. The van der Waals surface area contributed by atoms with Gasteiger partial charge >= 0.3 is 0 Å². The molecule has 0 spiro atoms. The van der Waals surface area contributed by atoms with Crippen molar-refractivity contribution in [3.63, 3.8) is 0 Å². The van der Waals surface area contributed by atoms with Gasteiger partial charge < -0.3 is 10.3 Å². The minimum Gasteiger partial charge on any atom is -0.369 e. The molecule has 0 atom stereocenters. The molecule has 1 saturated carbocycles. The molecule has 0 unspecified atom stereocenters. The summed E-state index contributed by atoms with van der Waals surface area (Å²) in [5.41, 5.74) is 5.18. The minimum absolute atomic E-state index is 0.235. The van der Waals surface area contributed by atoms with Gasteiger partial charge in [0.2, 0.25) is 5.91 Å². The van der Waals surface area contributed by atoms with Crippen molar-refractivity contribution in [3.05, 3.63) is 18.5 Å². The maximum atomic E-state index is 10.9. The lowest BCUT2D eigenvalue weighted by Gasteiger charge is -2.21. The van der Waals surface area contributed by atoms with E-state index in [0.29, 0.717) is 12.5 Å². The molecule has 1 heterocycles. The van der Waals surface area contributed by atoms with Gasteiger partial charge in [-0.05, 0) is 5.92 Å². The molecule has 1 amide bonds. The number of hydrogen-bond donors (Lipinski definition) is 1. The van der Waals surface area contributed by atoms with Crippen molar-refractivity contribution in [2.45, 2.75) is 50.2 Å². The molecule has 1 aromatic heterocycles. The number of primary amides is 1. The van der Waals surface area contributed by atoms with Gasteiger partial charge in [-0.25, -0.2) is 0 Å². The van der Waals surface area contributed by atoms with Crippen LogP contribution < -0.4 is 5.73 Å². The predicted molar refractivity (Wildman–Crippen MR) is 80.4 cm³/mol. The summed E-state index contributed by atoms with van der Waals surface area (Å²) in [6.07, 6.45) is 9.37. The first-order valence-electron chi connectivity index (χ1n) is 7.14. The van der Waals surface area contributed by atoms with Gasteiger partial charge in [-0.2, -0.15) is 0 Å². The van der Waals surface area contributed by atoms with Crippen molar-refractivity contribution in [3.8, 4) is 0 Å². The zero-order valence-electron chi connectivity index (χ0n) is 11.8. The van der Waals surface area contributed by atoms with E-state index in [2.05, 4.69) is 21.3 Å². The van der Waals surface area contributed by atoms with Crippen LogP contribution in [-0.4, -0.2) is 26.4 Å². The van der Waals surface area contributed by atoms with Crippen LogP contribution in [0.2, 0.25) is 0 Å². The zero-order chi connectivity index (χ0) is 14.4. The molecule has 0 aromatic carbocycles. The molecule has 5 nitrogen and oxygen atoms in total. The van der Waals surface area contributed by atoms with E-state index in [9.17, 15) is 4.79 Å². The van der Waals surface area contributed by atoms with Crippen LogP contribution in [0.25, 0.3) is 0 Å². The highest BCUT2D eigenvalue weighted by atomic mass is 32.2. The third-order valence-corrected chi connectivity index (χ3v) is 4.63. The first-order chi connectivity index (χ1) is 9.70. The Morgan fingerprint density at radius 2 is 2.15 bits per heavy atom. The fourth-order valence-electron chi connectivity index (χ4n) is 2.67. The molecule has 1 aromatic rings. The highest BCUT2D eigenvalue weighted by molar-refractivity contribution is 7.99. The molecular formula is C14H22N4OS. The summed E-state index contributed by atoms with van der Waals surface area (Å²) in [5.74, 6) is 1.62. The van der Waals surface area contributed by atoms with Crippen LogP contribution in [0.5, 0.6) is 0 Å². The number of rotatable bonds is 7. The van der Waals surface area contributed by atoms with Crippen molar-refractivity contribution >= 4 is 17.7 Å². The molecule has 6 heteroatoms. The SMILES string of the molecule is C=CCn1c(CC2CCCCC2)nnc1SCC(N)=O. The van der Waals surface area contributed by atoms with Gasteiger partial charge in [0, 0.05) is 13.0 Å². The molecule has 0 bridgehead atoms. The highest BCUT2D eigenvalue weighted by Crippen LogP contribution is 2.27. The van der Waals surface area contributed by atoms with E-state index in [4.69, 9.17) is 5.73 Å². The van der Waals surface area contributed by atoms with Crippen molar-refractivity contribution in [1.29, 1.82) is 0 Å². The van der Waals surface area contributed by atoms with Crippen molar-refractivity contribution in [2.75, 3.05) is 5.75 Å². The molecule has 0 radical (unpaired) electrons. The summed E-state index contributed by atoms with van der Waals surface area (Å²) >= 11 is 1.34. The fourth-order valence-corrected chi connectivity index (χ4v) is 3.38. The molecule has 1 fully saturated rings. The average Bonchev–Trinajstić information content (AvgIpc) is 2.81. The Hall–Kier alpha value is -1.30. The van der Waals surface area contributed by atoms with Gasteiger partial charge in [0.25, 0.3) is 0 Å². The first-order valence-corrected chi connectivity index (χ1v) is 8.13. The number of hydrogen-bond acceptors (Lipinski definition) is 4. The Bertz CT molecular complexity index is 466. The van der Waals surface area contributed by atoms with Gasteiger partial charge in [-0.3, -0.25) is 4.79 Å². The Balaban J connectivity index is 2.06. The molecular weight excluding hydrogens is 272 g/mol. The molecule has 0 saturated heterocycles. The van der Waals surface area contributed by atoms with E-state index >= 15 is 0 Å². The maximum Gasteiger partial charge on any atom is 0.227 e. The zero-order valence-corrected chi connectivity index (χ0v) is 12.6. The number of aromatic nitrogens is 3. The average molecular weight is 294 g/mol. The number of carbonyl (C=O) groups is 1. The third kappa shape index (κ3) is 4.10. The Kier molecular flexibility index (Phi) is 5.64. The Labute approximate surface area is 124 Å². The number of allylic oxidation sites excluding steroid dienone is 1. The lowest BCUT2D eigenvalue weighted by atomic mass is 9.87. The van der Waals surface area contributed by atoms with Gasteiger partial charge in [0.15, 0.2) is 5.16 Å². The summed E-state index contributed by atoms with van der Waals surface area (Å²) in [6.45, 7) is 4.46. The Morgan fingerprint density at radius 1 is 1.40 bits per heavy atom. The van der Waals surface area contributed by atoms with Crippen LogP contribution in [0.15, 0.2) is 17.8 Å². The summed E-state index contributed by atoms with van der Waals surface area (Å²) in [6, 6.07) is 0. The number of thioether (sulfide) groups is 1. The Morgan fingerprint density at radius 3 is 2.80 bits per heavy atom. The summed E-state index contributed by atoms with van der Waals surface area (Å²) in [7, 11) is 0. The van der Waals surface area contributed by atoms with Crippen molar-refractivity contribution in [2.24, 2.45) is 11.7 Å². The number of nitrogens with two attached hydrogens (primary N) is 1. The summed E-state index contributed by atoms with van der Waals surface area (Å²) < 4.78 is 2.05. The molecule has 0 aliphatic heterocycles. The maximum absolute atomic E-state index is 10.9. The second-order valence-corrected chi connectivity index (χ2v) is 6.20. The topological polar surface area (TPSA) is 73.8 Å². The molecule has 2 N–H and O–H groups in total. The van der Waals surface area contributed by atoms with E-state index in [0.717, 1.165) is 17.4 Å². The first kappa shape index (κ1) is 15.1. The third-order valence-electron chi connectivity index (χ3n) is 3.64. The quantitative estimate of drug-likeness (QED) is 0.618. The van der Waals surface area contributed by atoms with Gasteiger partial charge in [-0.15, -0.1) is 16.8 Å². The largest absolute Gasteiger partial charge is 0.369 e. The van der Waals surface area contributed by atoms with E-state index in [1.165, 1.54) is 43.9 Å². The normalized spacial score (nSPS) is 16.2. The van der Waals surface area contributed by atoms with E-state index in [1.54, 1.807) is 0 Å². The van der Waals surface area contributed by atoms with Crippen LogP contribution in [-0.2, 0) is 17.8 Å². The van der Waals surface area contributed by atoms with Gasteiger partial charge in [0.05, 0.1) is 5.75 Å². The monoisotopic (exact) mass is 294 g/mol. The van der Waals surface area contributed by atoms with E-state index in [-0.39, 0.29) is 11.7 Å². The molecule has 110 valence electrons. The molecule has 20 heavy (non-hydrogen) atoms. The smallest absolute Gasteiger partial charge is 0.227 e. The van der Waals surface area contributed by atoms with Crippen LogP contribution in [0.3, 0.4) is 0 Å². The number of carbonyl (C=O) groups excluding carboxylic acids is 1. The van der Waals surface area contributed by atoms with Crippen LogP contribution in [0, 0.1) is 5.92 Å². The lowest BCUT2D eigenvalue weighted by molar-refractivity contribution is -0.115. The van der Waals surface area contributed by atoms with Crippen molar-refractivity contribution < 1.29 is 4.79 Å². The van der Waals surface area contributed by atoms with E-state index in [1.807, 2.05) is 6.08 Å². The minimum atomic E-state index is -0.336. The standard InChI is InChI=1S/C14H22N4OS/c1-2-8-18-13(9-11-6-4-3-5-7-11)16-17-14(18)20-10-12(15)19/h2,11H,1,3-10H2,(H2,15,19). The number of nitrogens with zero attached hydrogens (tertiary/aromatic N) is 3. The second-order valence-electron chi connectivity index (χ2n) is 5.26. The second kappa shape index (κ2) is 7.47. The summed E-state index contributed by atoms with van der Waals surface area (Å²) in [5, 5.41) is 9.25. The predicted octanol–water partition coefficient (Wildman–Crippen LogP) is 2.16. The van der Waals surface area contributed by atoms with Crippen LogP contribution in [0.1, 0.15) is 37.9 Å². The van der Waals surface area contributed by atoms with Gasteiger partial charge in [-0.1, -0.05) is 49.9 Å².